The molecule has 1 saturated carbocycles. The number of carbonyl (C=O) groups excluding carboxylic acids is 1. The normalized spacial score (nSPS) is 16.9. The highest BCUT2D eigenvalue weighted by molar-refractivity contribution is 6.33. The fraction of sp³-hybridized carbons (Fsp3) is 0.429. The van der Waals surface area contributed by atoms with E-state index in [1.165, 1.54) is 6.42 Å². The highest BCUT2D eigenvalue weighted by atomic mass is 35.5. The number of nitrogens with zero attached hydrogens (tertiary/aromatic N) is 1. The molecule has 18 heavy (non-hydrogen) atoms. The van der Waals surface area contributed by atoms with E-state index in [0.29, 0.717) is 5.02 Å². The van der Waals surface area contributed by atoms with E-state index in [-0.39, 0.29) is 11.8 Å². The SMILES string of the molecule is O=C(NN=Cc1ccccc1Cl)C1CCCCC1. The standard InChI is InChI=1S/C14H17ClN2O/c15-13-9-5-4-8-12(13)10-16-17-14(18)11-6-2-1-3-7-11/h4-5,8-11H,1-3,6-7H2,(H,17,18). The molecule has 1 aliphatic carbocycles. The summed E-state index contributed by atoms with van der Waals surface area (Å²) in [6.07, 6.45) is 7.08. The quantitative estimate of drug-likeness (QED) is 0.660. The third-order valence-electron chi connectivity index (χ3n) is 3.26. The van der Waals surface area contributed by atoms with E-state index in [0.717, 1.165) is 31.2 Å². The molecule has 0 aliphatic heterocycles. The predicted molar refractivity (Wildman–Crippen MR) is 73.8 cm³/mol. The number of rotatable bonds is 3. The molecule has 0 spiro atoms. The molecular weight excluding hydrogens is 248 g/mol. The van der Waals surface area contributed by atoms with Crippen LogP contribution >= 0.6 is 11.6 Å². The number of nitrogens with one attached hydrogen (secondary N) is 1. The molecule has 0 heterocycles. The van der Waals surface area contributed by atoms with Crippen LogP contribution in [0.4, 0.5) is 0 Å². The van der Waals surface area contributed by atoms with Crippen molar-refractivity contribution in [2.45, 2.75) is 32.1 Å². The summed E-state index contributed by atoms with van der Waals surface area (Å²) in [5, 5.41) is 4.60. The van der Waals surface area contributed by atoms with Gasteiger partial charge in [-0.05, 0) is 18.9 Å². The van der Waals surface area contributed by atoms with Crippen molar-refractivity contribution in [2.75, 3.05) is 0 Å². The number of hydrogen-bond acceptors (Lipinski definition) is 2. The van der Waals surface area contributed by atoms with E-state index in [4.69, 9.17) is 11.6 Å². The van der Waals surface area contributed by atoms with Crippen LogP contribution in [0.1, 0.15) is 37.7 Å². The summed E-state index contributed by atoms with van der Waals surface area (Å²) in [4.78, 5) is 11.8. The Morgan fingerprint density at radius 1 is 1.28 bits per heavy atom. The topological polar surface area (TPSA) is 41.5 Å². The third kappa shape index (κ3) is 3.57. The zero-order chi connectivity index (χ0) is 12.8. The lowest BCUT2D eigenvalue weighted by atomic mass is 9.89. The third-order valence-corrected chi connectivity index (χ3v) is 3.60. The highest BCUT2D eigenvalue weighted by Crippen LogP contribution is 2.23. The predicted octanol–water partition coefficient (Wildman–Crippen LogP) is 3.37. The molecule has 1 aromatic carbocycles. The van der Waals surface area contributed by atoms with Crippen molar-refractivity contribution >= 4 is 23.7 Å². The van der Waals surface area contributed by atoms with E-state index in [1.54, 1.807) is 12.3 Å². The van der Waals surface area contributed by atoms with E-state index >= 15 is 0 Å². The zero-order valence-electron chi connectivity index (χ0n) is 10.2. The molecule has 0 aromatic heterocycles. The minimum Gasteiger partial charge on any atom is -0.273 e. The van der Waals surface area contributed by atoms with Gasteiger partial charge in [0.05, 0.1) is 6.21 Å². The average Bonchev–Trinajstić information content (AvgIpc) is 2.42. The molecule has 1 amide bonds. The largest absolute Gasteiger partial charge is 0.273 e. The molecule has 0 atom stereocenters. The van der Waals surface area contributed by atoms with Crippen LogP contribution in [0.5, 0.6) is 0 Å². The van der Waals surface area contributed by atoms with Crippen molar-refractivity contribution in [3.63, 3.8) is 0 Å². The molecular formula is C14H17ClN2O. The lowest BCUT2D eigenvalue weighted by molar-refractivity contribution is -0.125. The Labute approximate surface area is 112 Å². The molecule has 3 nitrogen and oxygen atoms in total. The molecule has 1 aliphatic rings. The summed E-state index contributed by atoms with van der Waals surface area (Å²) >= 11 is 5.98. The first-order valence-electron chi connectivity index (χ1n) is 6.35. The second kappa shape index (κ2) is 6.55. The number of benzene rings is 1. The van der Waals surface area contributed by atoms with Crippen LogP contribution in [0.2, 0.25) is 5.02 Å². The van der Waals surface area contributed by atoms with Gasteiger partial charge in [0.1, 0.15) is 0 Å². The Balaban J connectivity index is 1.87. The van der Waals surface area contributed by atoms with E-state index in [9.17, 15) is 4.79 Å². The Kier molecular flexibility index (Phi) is 4.76. The van der Waals surface area contributed by atoms with Gasteiger partial charge in [0.2, 0.25) is 5.91 Å². The lowest BCUT2D eigenvalue weighted by Crippen LogP contribution is -2.28. The smallest absolute Gasteiger partial charge is 0.243 e. The first-order chi connectivity index (χ1) is 8.77. The van der Waals surface area contributed by atoms with E-state index in [2.05, 4.69) is 10.5 Å². The van der Waals surface area contributed by atoms with Crippen LogP contribution in [0.3, 0.4) is 0 Å². The second-order valence-corrected chi connectivity index (χ2v) is 5.00. The molecule has 0 unspecified atom stereocenters. The number of hydrogen-bond donors (Lipinski definition) is 1. The maximum Gasteiger partial charge on any atom is 0.243 e. The number of hydrazone groups is 1. The first-order valence-corrected chi connectivity index (χ1v) is 6.72. The van der Waals surface area contributed by atoms with Crippen LogP contribution in [-0.4, -0.2) is 12.1 Å². The van der Waals surface area contributed by atoms with Crippen LogP contribution < -0.4 is 5.43 Å². The fourth-order valence-electron chi connectivity index (χ4n) is 2.20. The summed E-state index contributed by atoms with van der Waals surface area (Å²) in [6, 6.07) is 7.40. The summed E-state index contributed by atoms with van der Waals surface area (Å²) in [5.74, 6) is 0.153. The highest BCUT2D eigenvalue weighted by Gasteiger charge is 2.20. The lowest BCUT2D eigenvalue weighted by Gasteiger charge is -2.19. The average molecular weight is 265 g/mol. The Bertz CT molecular complexity index is 439. The van der Waals surface area contributed by atoms with Crippen LogP contribution in [0.25, 0.3) is 0 Å². The Morgan fingerprint density at radius 2 is 2.00 bits per heavy atom. The summed E-state index contributed by atoms with van der Waals surface area (Å²) < 4.78 is 0. The minimum atomic E-state index is 0.0259. The molecule has 0 saturated heterocycles. The van der Waals surface area contributed by atoms with Crippen molar-refractivity contribution in [2.24, 2.45) is 11.0 Å². The van der Waals surface area contributed by atoms with E-state index in [1.807, 2.05) is 18.2 Å². The zero-order valence-corrected chi connectivity index (χ0v) is 11.0. The van der Waals surface area contributed by atoms with Gasteiger partial charge in [-0.1, -0.05) is 49.1 Å². The molecule has 1 N–H and O–H groups in total. The van der Waals surface area contributed by atoms with Crippen LogP contribution in [0.15, 0.2) is 29.4 Å². The summed E-state index contributed by atoms with van der Waals surface area (Å²) in [6.45, 7) is 0. The van der Waals surface area contributed by atoms with Gasteiger partial charge in [-0.15, -0.1) is 0 Å². The van der Waals surface area contributed by atoms with Gasteiger partial charge in [0, 0.05) is 16.5 Å². The monoisotopic (exact) mass is 264 g/mol. The van der Waals surface area contributed by atoms with Gasteiger partial charge in [0.25, 0.3) is 0 Å². The second-order valence-electron chi connectivity index (χ2n) is 4.59. The maximum atomic E-state index is 11.8. The Hall–Kier alpha value is -1.35. The molecule has 0 radical (unpaired) electrons. The van der Waals surface area contributed by atoms with Gasteiger partial charge < -0.3 is 0 Å². The van der Waals surface area contributed by atoms with Crippen molar-refractivity contribution in [3.05, 3.63) is 34.9 Å². The molecule has 0 bridgehead atoms. The molecule has 96 valence electrons. The summed E-state index contributed by atoms with van der Waals surface area (Å²) in [7, 11) is 0. The van der Waals surface area contributed by atoms with Crippen LogP contribution in [-0.2, 0) is 4.79 Å². The molecule has 2 rings (SSSR count). The first kappa shape index (κ1) is 13.1. The van der Waals surface area contributed by atoms with Gasteiger partial charge in [-0.2, -0.15) is 5.10 Å². The summed E-state index contributed by atoms with van der Waals surface area (Å²) in [5.41, 5.74) is 3.41. The van der Waals surface area contributed by atoms with Gasteiger partial charge in [-0.3, -0.25) is 4.79 Å². The van der Waals surface area contributed by atoms with Crippen molar-refractivity contribution in [1.29, 1.82) is 0 Å². The van der Waals surface area contributed by atoms with Gasteiger partial charge >= 0.3 is 0 Å². The minimum absolute atomic E-state index is 0.0259. The maximum absolute atomic E-state index is 11.8. The van der Waals surface area contributed by atoms with Gasteiger partial charge in [-0.25, -0.2) is 5.43 Å². The van der Waals surface area contributed by atoms with Crippen molar-refractivity contribution < 1.29 is 4.79 Å². The Morgan fingerprint density at radius 3 is 2.72 bits per heavy atom. The van der Waals surface area contributed by atoms with E-state index < -0.39 is 0 Å². The fourth-order valence-corrected chi connectivity index (χ4v) is 2.39. The molecule has 1 aromatic rings. The van der Waals surface area contributed by atoms with Crippen molar-refractivity contribution in [3.8, 4) is 0 Å². The van der Waals surface area contributed by atoms with Gasteiger partial charge in [0.15, 0.2) is 0 Å². The van der Waals surface area contributed by atoms with Crippen LogP contribution in [0, 0.1) is 5.92 Å². The number of amides is 1. The van der Waals surface area contributed by atoms with Crippen molar-refractivity contribution in [1.82, 2.24) is 5.43 Å². The number of halogens is 1. The molecule has 4 heteroatoms. The molecule has 1 fully saturated rings. The number of carbonyl (C=O) groups is 1.